The van der Waals surface area contributed by atoms with Crippen molar-refractivity contribution in [3.8, 4) is 0 Å². The molecule has 0 amide bonds. The summed E-state index contributed by atoms with van der Waals surface area (Å²) in [4.78, 5) is 2.59. The van der Waals surface area contributed by atoms with Crippen molar-refractivity contribution in [1.29, 1.82) is 0 Å². The molecule has 2 rings (SSSR count). The van der Waals surface area contributed by atoms with Crippen LogP contribution in [0, 0.1) is 13.8 Å². The van der Waals surface area contributed by atoms with E-state index in [-0.39, 0.29) is 5.38 Å². The standard InChI is InChI=1S/C14H15ClO2S2/c1-9-7-10(2)18-14(9)13(15)11-5-4-6-12(8-11)19(3,16)17/h4-8,13H,1-3H3. The number of alkyl halides is 1. The molecule has 0 aliphatic heterocycles. The van der Waals surface area contributed by atoms with Crippen LogP contribution in [0.5, 0.6) is 0 Å². The maximum Gasteiger partial charge on any atom is 0.175 e. The average Bonchev–Trinajstić information content (AvgIpc) is 2.66. The second kappa shape index (κ2) is 5.27. The van der Waals surface area contributed by atoms with Crippen molar-refractivity contribution in [2.75, 3.05) is 6.26 Å². The van der Waals surface area contributed by atoms with Gasteiger partial charge in [-0.15, -0.1) is 22.9 Å². The highest BCUT2D eigenvalue weighted by Gasteiger charge is 2.17. The first kappa shape index (κ1) is 14.6. The smallest absolute Gasteiger partial charge is 0.175 e. The number of halogens is 1. The van der Waals surface area contributed by atoms with Crippen molar-refractivity contribution in [3.63, 3.8) is 0 Å². The van der Waals surface area contributed by atoms with E-state index in [0.717, 1.165) is 16.0 Å². The molecule has 2 aromatic rings. The maximum atomic E-state index is 11.6. The number of hydrogen-bond donors (Lipinski definition) is 0. The summed E-state index contributed by atoms with van der Waals surface area (Å²) in [6.45, 7) is 4.06. The minimum Gasteiger partial charge on any atom is -0.224 e. The monoisotopic (exact) mass is 314 g/mol. The summed E-state index contributed by atoms with van der Waals surface area (Å²) in [6, 6.07) is 8.93. The highest BCUT2D eigenvalue weighted by molar-refractivity contribution is 7.90. The lowest BCUT2D eigenvalue weighted by Crippen LogP contribution is -1.99. The van der Waals surface area contributed by atoms with Gasteiger partial charge in [0, 0.05) is 16.0 Å². The third kappa shape index (κ3) is 3.19. The van der Waals surface area contributed by atoms with Crippen molar-refractivity contribution < 1.29 is 8.42 Å². The molecule has 0 aliphatic rings. The third-order valence-corrected chi connectivity index (χ3v) is 5.82. The lowest BCUT2D eigenvalue weighted by Gasteiger charge is -2.10. The molecule has 0 aliphatic carbocycles. The molecule has 0 radical (unpaired) electrons. The number of benzene rings is 1. The van der Waals surface area contributed by atoms with Gasteiger partial charge in [-0.25, -0.2) is 8.42 Å². The van der Waals surface area contributed by atoms with Crippen molar-refractivity contribution >= 4 is 32.8 Å². The molecule has 5 heteroatoms. The molecule has 1 aromatic carbocycles. The van der Waals surface area contributed by atoms with Gasteiger partial charge in [-0.05, 0) is 43.2 Å². The van der Waals surface area contributed by atoms with Gasteiger partial charge in [0.1, 0.15) is 0 Å². The Morgan fingerprint density at radius 3 is 2.42 bits per heavy atom. The predicted octanol–water partition coefficient (Wildman–Crippen LogP) is 4.10. The van der Waals surface area contributed by atoms with Gasteiger partial charge in [-0.1, -0.05) is 12.1 Å². The lowest BCUT2D eigenvalue weighted by molar-refractivity contribution is 0.602. The Morgan fingerprint density at radius 2 is 1.89 bits per heavy atom. The van der Waals surface area contributed by atoms with E-state index in [2.05, 4.69) is 6.07 Å². The van der Waals surface area contributed by atoms with Gasteiger partial charge >= 0.3 is 0 Å². The van der Waals surface area contributed by atoms with Crippen LogP contribution in [-0.2, 0) is 9.84 Å². The lowest BCUT2D eigenvalue weighted by atomic mass is 10.1. The Hall–Kier alpha value is -0.840. The van der Waals surface area contributed by atoms with Crippen LogP contribution < -0.4 is 0 Å². The molecular formula is C14H15ClO2S2. The van der Waals surface area contributed by atoms with E-state index >= 15 is 0 Å². The minimum atomic E-state index is -3.20. The van der Waals surface area contributed by atoms with Crippen LogP contribution in [0.2, 0.25) is 0 Å². The molecule has 102 valence electrons. The number of rotatable bonds is 3. The van der Waals surface area contributed by atoms with Gasteiger partial charge in [0.2, 0.25) is 0 Å². The van der Waals surface area contributed by atoms with E-state index in [1.54, 1.807) is 29.5 Å². The van der Waals surface area contributed by atoms with Gasteiger partial charge in [0.15, 0.2) is 9.84 Å². The highest BCUT2D eigenvalue weighted by atomic mass is 35.5. The molecule has 1 heterocycles. The molecule has 2 nitrogen and oxygen atoms in total. The van der Waals surface area contributed by atoms with Crippen LogP contribution in [0.1, 0.15) is 26.3 Å². The summed E-state index contributed by atoms with van der Waals surface area (Å²) in [5, 5.41) is -0.305. The second-order valence-electron chi connectivity index (χ2n) is 4.61. The van der Waals surface area contributed by atoms with Gasteiger partial charge < -0.3 is 0 Å². The molecular weight excluding hydrogens is 300 g/mol. The van der Waals surface area contributed by atoms with Crippen molar-refractivity contribution in [1.82, 2.24) is 0 Å². The molecule has 0 spiro atoms. The Labute approximate surface area is 123 Å². The molecule has 0 bridgehead atoms. The number of thiophene rings is 1. The predicted molar refractivity (Wildman–Crippen MR) is 81.0 cm³/mol. The van der Waals surface area contributed by atoms with Crippen LogP contribution in [0.4, 0.5) is 0 Å². The Bertz CT molecular complexity index is 702. The fourth-order valence-corrected chi connectivity index (χ4v) is 4.12. The number of sulfone groups is 1. The summed E-state index contributed by atoms with van der Waals surface area (Å²) in [5.74, 6) is 0. The maximum absolute atomic E-state index is 11.6. The zero-order valence-corrected chi connectivity index (χ0v) is 13.4. The van der Waals surface area contributed by atoms with Crippen LogP contribution in [-0.4, -0.2) is 14.7 Å². The van der Waals surface area contributed by atoms with E-state index in [4.69, 9.17) is 11.6 Å². The highest BCUT2D eigenvalue weighted by Crippen LogP contribution is 2.36. The fraction of sp³-hybridized carbons (Fsp3) is 0.286. The van der Waals surface area contributed by atoms with E-state index < -0.39 is 9.84 Å². The largest absolute Gasteiger partial charge is 0.224 e. The van der Waals surface area contributed by atoms with Crippen LogP contribution in [0.25, 0.3) is 0 Å². The number of hydrogen-bond acceptors (Lipinski definition) is 3. The Morgan fingerprint density at radius 1 is 1.21 bits per heavy atom. The summed E-state index contributed by atoms with van der Waals surface area (Å²) in [6.07, 6.45) is 1.20. The van der Waals surface area contributed by atoms with E-state index in [1.807, 2.05) is 19.9 Å². The topological polar surface area (TPSA) is 34.1 Å². The second-order valence-corrected chi connectivity index (χ2v) is 8.35. The first-order chi connectivity index (χ1) is 8.79. The molecule has 0 saturated carbocycles. The van der Waals surface area contributed by atoms with Gasteiger partial charge in [-0.3, -0.25) is 0 Å². The van der Waals surface area contributed by atoms with E-state index in [0.29, 0.717) is 4.90 Å². The SMILES string of the molecule is Cc1cc(C)c(C(Cl)c2cccc(S(C)(=O)=O)c2)s1. The molecule has 1 aromatic heterocycles. The Kier molecular flexibility index (Phi) is 4.04. The van der Waals surface area contributed by atoms with Crippen LogP contribution in [0.3, 0.4) is 0 Å². The molecule has 0 saturated heterocycles. The summed E-state index contributed by atoms with van der Waals surface area (Å²) in [5.41, 5.74) is 1.96. The quantitative estimate of drug-likeness (QED) is 0.799. The zero-order chi connectivity index (χ0) is 14.2. The normalized spacial score (nSPS) is 13.5. The fourth-order valence-electron chi connectivity index (χ4n) is 1.97. The van der Waals surface area contributed by atoms with Crippen LogP contribution in [0.15, 0.2) is 35.2 Å². The summed E-state index contributed by atoms with van der Waals surface area (Å²) < 4.78 is 23.1. The molecule has 0 fully saturated rings. The molecule has 1 atom stereocenters. The third-order valence-electron chi connectivity index (χ3n) is 2.89. The average molecular weight is 315 g/mol. The van der Waals surface area contributed by atoms with E-state index in [9.17, 15) is 8.42 Å². The van der Waals surface area contributed by atoms with Crippen molar-refractivity contribution in [2.24, 2.45) is 0 Å². The Balaban J connectivity index is 2.45. The summed E-state index contributed by atoms with van der Waals surface area (Å²) in [7, 11) is -3.20. The van der Waals surface area contributed by atoms with Crippen LogP contribution >= 0.6 is 22.9 Å². The first-order valence-electron chi connectivity index (χ1n) is 5.80. The van der Waals surface area contributed by atoms with Gasteiger partial charge in [0.25, 0.3) is 0 Å². The minimum absolute atomic E-state index is 0.305. The van der Waals surface area contributed by atoms with Crippen molar-refractivity contribution in [3.05, 3.63) is 51.2 Å². The van der Waals surface area contributed by atoms with Gasteiger partial charge in [0.05, 0.1) is 10.3 Å². The molecule has 1 unspecified atom stereocenters. The van der Waals surface area contributed by atoms with Crippen molar-refractivity contribution in [2.45, 2.75) is 24.1 Å². The molecule has 19 heavy (non-hydrogen) atoms. The van der Waals surface area contributed by atoms with E-state index in [1.165, 1.54) is 11.1 Å². The summed E-state index contributed by atoms with van der Waals surface area (Å²) >= 11 is 8.14. The zero-order valence-electron chi connectivity index (χ0n) is 11.0. The van der Waals surface area contributed by atoms with Gasteiger partial charge in [-0.2, -0.15) is 0 Å². The molecule has 0 N–H and O–H groups in total. The number of aryl methyl sites for hydroxylation is 2. The first-order valence-corrected chi connectivity index (χ1v) is 8.94.